The molecule has 0 spiro atoms. The molecule has 4 unspecified atom stereocenters. The summed E-state index contributed by atoms with van der Waals surface area (Å²) in [7, 11) is 0. The molecule has 0 fully saturated rings. The molecule has 4 atom stereocenters. The van der Waals surface area contributed by atoms with Crippen molar-refractivity contribution in [2.75, 3.05) is 12.0 Å². The summed E-state index contributed by atoms with van der Waals surface area (Å²) in [6, 6.07) is -4.89. The number of thioether (sulfide) groups is 1. The van der Waals surface area contributed by atoms with Crippen molar-refractivity contribution in [2.24, 2.45) is 17.2 Å². The monoisotopic (exact) mass is 462 g/mol. The van der Waals surface area contributed by atoms with Crippen LogP contribution < -0.4 is 33.2 Å². The molecule has 5 amide bonds. The van der Waals surface area contributed by atoms with Gasteiger partial charge in [-0.25, -0.2) is 4.79 Å². The highest BCUT2D eigenvalue weighted by Crippen LogP contribution is 2.05. The average Bonchev–Trinajstić information content (AvgIpc) is 2.66. The Kier molecular flexibility index (Phi) is 12.9. The number of carboxylic acid groups (broad SMARTS) is 1. The van der Waals surface area contributed by atoms with Gasteiger partial charge in [0.2, 0.25) is 29.5 Å². The van der Waals surface area contributed by atoms with Gasteiger partial charge in [-0.05, 0) is 31.8 Å². The van der Waals surface area contributed by atoms with Crippen LogP contribution in [0.15, 0.2) is 0 Å². The van der Waals surface area contributed by atoms with E-state index in [2.05, 4.69) is 16.0 Å². The molecular formula is C17H30N6O7S. The van der Waals surface area contributed by atoms with Gasteiger partial charge >= 0.3 is 5.97 Å². The molecule has 0 aliphatic heterocycles. The molecule has 14 heteroatoms. The Morgan fingerprint density at radius 3 is 1.81 bits per heavy atom. The van der Waals surface area contributed by atoms with Crippen molar-refractivity contribution in [3.8, 4) is 0 Å². The lowest BCUT2D eigenvalue weighted by atomic mass is 10.1. The van der Waals surface area contributed by atoms with Crippen LogP contribution in [0, 0.1) is 0 Å². The number of rotatable bonds is 15. The number of aliphatic carboxylic acids is 1. The fourth-order valence-corrected chi connectivity index (χ4v) is 2.78. The van der Waals surface area contributed by atoms with E-state index in [-0.39, 0.29) is 19.3 Å². The maximum Gasteiger partial charge on any atom is 0.326 e. The first-order valence-electron chi connectivity index (χ1n) is 9.34. The van der Waals surface area contributed by atoms with Gasteiger partial charge in [-0.2, -0.15) is 11.8 Å². The van der Waals surface area contributed by atoms with Crippen LogP contribution in [-0.2, 0) is 28.8 Å². The molecule has 0 saturated heterocycles. The number of hydrogen-bond donors (Lipinski definition) is 7. The van der Waals surface area contributed by atoms with Gasteiger partial charge in [-0.1, -0.05) is 0 Å². The van der Waals surface area contributed by atoms with Gasteiger partial charge in [0.05, 0.1) is 12.5 Å². The standard InChI is InChI=1S/C17H30N6O7S/c1-8(18)14(26)21-9(5-6-31-2)15(27)23-11(7-13(20)25)16(28)22-10(17(29)30)3-4-12(19)24/h8-11H,3-7,18H2,1-2H3,(H2,19,24)(H2,20,25)(H,21,26)(H,22,28)(H,23,27)(H,29,30). The zero-order valence-electron chi connectivity index (χ0n) is 17.4. The Balaban J connectivity index is 5.40. The number of nitrogens with one attached hydrogen (secondary N) is 3. The first-order valence-corrected chi connectivity index (χ1v) is 10.7. The molecule has 10 N–H and O–H groups in total. The predicted octanol–water partition coefficient (Wildman–Crippen LogP) is -3.23. The average molecular weight is 463 g/mol. The molecule has 0 heterocycles. The van der Waals surface area contributed by atoms with Crippen molar-refractivity contribution < 1.29 is 33.9 Å². The van der Waals surface area contributed by atoms with Crippen LogP contribution in [0.25, 0.3) is 0 Å². The second kappa shape index (κ2) is 14.2. The summed E-state index contributed by atoms with van der Waals surface area (Å²) in [5, 5.41) is 16.1. The van der Waals surface area contributed by atoms with Crippen molar-refractivity contribution in [3.63, 3.8) is 0 Å². The SMILES string of the molecule is CSCCC(NC(=O)C(C)N)C(=O)NC(CC(N)=O)C(=O)NC(CCC(N)=O)C(=O)O. The number of carbonyl (C=O) groups is 6. The van der Waals surface area contributed by atoms with Crippen LogP contribution >= 0.6 is 11.8 Å². The van der Waals surface area contributed by atoms with Gasteiger partial charge in [0.15, 0.2) is 0 Å². The van der Waals surface area contributed by atoms with E-state index in [1.165, 1.54) is 18.7 Å². The molecule has 0 aromatic rings. The Morgan fingerprint density at radius 1 is 0.839 bits per heavy atom. The van der Waals surface area contributed by atoms with Crippen LogP contribution in [0.4, 0.5) is 0 Å². The first kappa shape index (κ1) is 28.1. The topological polar surface area (TPSA) is 237 Å². The van der Waals surface area contributed by atoms with E-state index in [1.807, 2.05) is 0 Å². The number of carboxylic acids is 1. The summed E-state index contributed by atoms with van der Waals surface area (Å²) in [5.41, 5.74) is 15.6. The highest BCUT2D eigenvalue weighted by Gasteiger charge is 2.30. The minimum Gasteiger partial charge on any atom is -0.480 e. The van der Waals surface area contributed by atoms with Gasteiger partial charge in [0.1, 0.15) is 18.1 Å². The molecular weight excluding hydrogens is 432 g/mol. The van der Waals surface area contributed by atoms with E-state index in [1.54, 1.807) is 6.26 Å². The molecule has 0 rings (SSSR count). The molecule has 0 aliphatic carbocycles. The highest BCUT2D eigenvalue weighted by atomic mass is 32.2. The third-order valence-corrected chi connectivity index (χ3v) is 4.63. The molecule has 31 heavy (non-hydrogen) atoms. The lowest BCUT2D eigenvalue weighted by Gasteiger charge is -2.24. The predicted molar refractivity (Wildman–Crippen MR) is 112 cm³/mol. The zero-order chi connectivity index (χ0) is 24.1. The summed E-state index contributed by atoms with van der Waals surface area (Å²) in [4.78, 5) is 70.6. The molecule has 0 aromatic heterocycles. The fourth-order valence-electron chi connectivity index (χ4n) is 2.31. The maximum atomic E-state index is 12.7. The second-order valence-corrected chi connectivity index (χ2v) is 7.75. The molecule has 13 nitrogen and oxygen atoms in total. The normalized spacial score (nSPS) is 14.4. The highest BCUT2D eigenvalue weighted by molar-refractivity contribution is 7.98. The van der Waals surface area contributed by atoms with E-state index in [0.29, 0.717) is 5.75 Å². The molecule has 0 aliphatic rings. The molecule has 176 valence electrons. The molecule has 0 aromatic carbocycles. The first-order chi connectivity index (χ1) is 14.4. The Morgan fingerprint density at radius 2 is 1.35 bits per heavy atom. The Bertz CT molecular complexity index is 688. The Hall–Kier alpha value is -2.87. The van der Waals surface area contributed by atoms with E-state index in [9.17, 15) is 33.9 Å². The minimum absolute atomic E-state index is 0.215. The summed E-state index contributed by atoms with van der Waals surface area (Å²) < 4.78 is 0. The van der Waals surface area contributed by atoms with E-state index >= 15 is 0 Å². The summed E-state index contributed by atoms with van der Waals surface area (Å²) >= 11 is 1.42. The van der Waals surface area contributed by atoms with Crippen LogP contribution in [0.3, 0.4) is 0 Å². The van der Waals surface area contributed by atoms with Crippen molar-refractivity contribution in [1.82, 2.24) is 16.0 Å². The maximum absolute atomic E-state index is 12.7. The van der Waals surface area contributed by atoms with Crippen LogP contribution in [0.5, 0.6) is 0 Å². The zero-order valence-corrected chi connectivity index (χ0v) is 18.2. The van der Waals surface area contributed by atoms with Crippen molar-refractivity contribution in [3.05, 3.63) is 0 Å². The number of primary amides is 2. The van der Waals surface area contributed by atoms with Crippen molar-refractivity contribution in [1.29, 1.82) is 0 Å². The second-order valence-electron chi connectivity index (χ2n) is 6.77. The quantitative estimate of drug-likeness (QED) is 0.129. The molecule has 0 saturated carbocycles. The lowest BCUT2D eigenvalue weighted by Crippen LogP contribution is -2.57. The Labute approximate surface area is 183 Å². The van der Waals surface area contributed by atoms with Gasteiger partial charge in [0.25, 0.3) is 0 Å². The summed E-state index contributed by atoms with van der Waals surface area (Å²) in [6.45, 7) is 1.43. The van der Waals surface area contributed by atoms with Crippen LogP contribution in [0.2, 0.25) is 0 Å². The van der Waals surface area contributed by atoms with Gasteiger partial charge in [-0.15, -0.1) is 0 Å². The third kappa shape index (κ3) is 11.8. The van der Waals surface area contributed by atoms with Crippen molar-refractivity contribution >= 4 is 47.3 Å². The van der Waals surface area contributed by atoms with Crippen molar-refractivity contribution in [2.45, 2.75) is 56.8 Å². The molecule has 0 bridgehead atoms. The number of nitrogens with two attached hydrogens (primary N) is 3. The number of hydrogen-bond acceptors (Lipinski definition) is 8. The van der Waals surface area contributed by atoms with E-state index in [0.717, 1.165) is 0 Å². The van der Waals surface area contributed by atoms with E-state index < -0.39 is 66.1 Å². The fraction of sp³-hybridized carbons (Fsp3) is 0.647. The summed E-state index contributed by atoms with van der Waals surface area (Å²) in [5.74, 6) is -4.97. The van der Waals surface area contributed by atoms with Gasteiger partial charge < -0.3 is 38.3 Å². The number of amides is 5. The van der Waals surface area contributed by atoms with E-state index in [4.69, 9.17) is 17.2 Å². The number of carbonyl (C=O) groups excluding carboxylic acids is 5. The third-order valence-electron chi connectivity index (χ3n) is 3.99. The van der Waals surface area contributed by atoms with Crippen LogP contribution in [-0.4, -0.2) is 76.8 Å². The smallest absolute Gasteiger partial charge is 0.326 e. The largest absolute Gasteiger partial charge is 0.480 e. The lowest BCUT2D eigenvalue weighted by molar-refractivity contribution is -0.142. The molecule has 0 radical (unpaired) electrons. The van der Waals surface area contributed by atoms with Gasteiger partial charge in [0, 0.05) is 6.42 Å². The van der Waals surface area contributed by atoms with Crippen LogP contribution in [0.1, 0.15) is 32.6 Å². The van der Waals surface area contributed by atoms with Gasteiger partial charge in [-0.3, -0.25) is 24.0 Å². The minimum atomic E-state index is -1.50. The summed E-state index contributed by atoms with van der Waals surface area (Å²) in [6.07, 6.45) is 0.811.